The molecule has 3 rings (SSSR count). The van der Waals surface area contributed by atoms with Crippen molar-refractivity contribution >= 4 is 28.5 Å². The van der Waals surface area contributed by atoms with Crippen LogP contribution in [0.25, 0.3) is 10.9 Å². The summed E-state index contributed by atoms with van der Waals surface area (Å²) < 4.78 is 7.46. The first kappa shape index (κ1) is 20.3. The average Bonchev–Trinajstić information content (AvgIpc) is 2.90. The fraction of sp³-hybridized carbons (Fsp3) is 0.409. The number of ether oxygens (including phenoxy) is 1. The third-order valence-electron chi connectivity index (χ3n) is 4.91. The molecular formula is C22H26ClN3O2. The summed E-state index contributed by atoms with van der Waals surface area (Å²) in [6, 6.07) is 7.80. The van der Waals surface area contributed by atoms with Gasteiger partial charge >= 0.3 is 5.97 Å². The standard InChI is InChI=1S/C22H26ClN3O2/c1-13(2)11-26-16(5)18(15(4)25-26)10-21(27)28-12-20-22(23)14(3)17-8-6-7-9-19(17)24-20/h6-9,13H,10-12H2,1-5H3. The second-order valence-electron chi connectivity index (χ2n) is 7.58. The van der Waals surface area contributed by atoms with Crippen LogP contribution in [0.1, 0.15) is 42.1 Å². The first-order valence-electron chi connectivity index (χ1n) is 9.50. The van der Waals surface area contributed by atoms with Crippen LogP contribution < -0.4 is 0 Å². The smallest absolute Gasteiger partial charge is 0.310 e. The highest BCUT2D eigenvalue weighted by Gasteiger charge is 2.18. The zero-order chi connectivity index (χ0) is 20.4. The number of carbonyl (C=O) groups excluding carboxylic acids is 1. The molecule has 0 amide bonds. The number of aryl methyl sites for hydroxylation is 2. The van der Waals surface area contributed by atoms with E-state index in [0.717, 1.165) is 40.0 Å². The van der Waals surface area contributed by atoms with E-state index in [1.165, 1.54) is 0 Å². The number of carbonyl (C=O) groups is 1. The normalized spacial score (nSPS) is 11.4. The number of hydrogen-bond donors (Lipinski definition) is 0. The van der Waals surface area contributed by atoms with E-state index in [1.807, 2.05) is 49.7 Å². The minimum atomic E-state index is -0.307. The third kappa shape index (κ3) is 4.20. The average molecular weight is 400 g/mol. The van der Waals surface area contributed by atoms with Crippen molar-refractivity contribution in [2.24, 2.45) is 5.92 Å². The van der Waals surface area contributed by atoms with Gasteiger partial charge < -0.3 is 4.74 Å². The van der Waals surface area contributed by atoms with Gasteiger partial charge in [-0.05, 0) is 38.3 Å². The van der Waals surface area contributed by atoms with Crippen LogP contribution in [-0.4, -0.2) is 20.7 Å². The molecule has 0 bridgehead atoms. The summed E-state index contributed by atoms with van der Waals surface area (Å²) in [5.41, 5.74) is 5.18. The summed E-state index contributed by atoms with van der Waals surface area (Å²) in [7, 11) is 0. The van der Waals surface area contributed by atoms with Crippen molar-refractivity contribution in [2.45, 2.75) is 54.2 Å². The number of aromatic nitrogens is 3. The zero-order valence-electron chi connectivity index (χ0n) is 17.0. The predicted molar refractivity (Wildman–Crippen MR) is 112 cm³/mol. The van der Waals surface area contributed by atoms with Gasteiger partial charge in [-0.2, -0.15) is 5.10 Å². The van der Waals surface area contributed by atoms with Crippen LogP contribution in [0.5, 0.6) is 0 Å². The molecule has 0 aliphatic heterocycles. The molecule has 0 saturated carbocycles. The maximum Gasteiger partial charge on any atom is 0.310 e. The molecule has 1 aromatic carbocycles. The molecule has 3 aromatic rings. The summed E-state index contributed by atoms with van der Waals surface area (Å²) in [5, 5.41) is 6.11. The lowest BCUT2D eigenvalue weighted by Gasteiger charge is -2.11. The third-order valence-corrected chi connectivity index (χ3v) is 5.41. The summed E-state index contributed by atoms with van der Waals surface area (Å²) in [4.78, 5) is 17.0. The molecule has 2 aromatic heterocycles. The molecule has 2 heterocycles. The van der Waals surface area contributed by atoms with Crippen molar-refractivity contribution in [1.82, 2.24) is 14.8 Å². The first-order chi connectivity index (χ1) is 13.3. The van der Waals surface area contributed by atoms with Gasteiger partial charge in [-0.15, -0.1) is 0 Å². The fourth-order valence-corrected chi connectivity index (χ4v) is 3.57. The van der Waals surface area contributed by atoms with E-state index in [1.54, 1.807) is 0 Å². The molecule has 5 nitrogen and oxygen atoms in total. The summed E-state index contributed by atoms with van der Waals surface area (Å²) in [6.07, 6.45) is 0.194. The summed E-state index contributed by atoms with van der Waals surface area (Å²) in [6.45, 7) is 11.1. The monoisotopic (exact) mass is 399 g/mol. The molecule has 0 radical (unpaired) electrons. The molecule has 0 N–H and O–H groups in total. The van der Waals surface area contributed by atoms with Crippen molar-refractivity contribution < 1.29 is 9.53 Å². The highest BCUT2D eigenvalue weighted by molar-refractivity contribution is 6.32. The molecule has 0 spiro atoms. The number of fused-ring (bicyclic) bond motifs is 1. The zero-order valence-corrected chi connectivity index (χ0v) is 17.8. The highest BCUT2D eigenvalue weighted by Crippen LogP contribution is 2.27. The predicted octanol–water partition coefficient (Wildman–Crippen LogP) is 4.95. The van der Waals surface area contributed by atoms with Gasteiger partial charge in [-0.1, -0.05) is 43.6 Å². The molecule has 6 heteroatoms. The topological polar surface area (TPSA) is 57.0 Å². The van der Waals surface area contributed by atoms with Crippen molar-refractivity contribution in [2.75, 3.05) is 0 Å². The Hall–Kier alpha value is -2.40. The van der Waals surface area contributed by atoms with Crippen LogP contribution in [0, 0.1) is 26.7 Å². The molecule has 0 aliphatic rings. The SMILES string of the molecule is Cc1nn(CC(C)C)c(C)c1CC(=O)OCc1nc2ccccc2c(C)c1Cl. The Morgan fingerprint density at radius 3 is 2.64 bits per heavy atom. The molecule has 0 aliphatic carbocycles. The molecule has 28 heavy (non-hydrogen) atoms. The van der Waals surface area contributed by atoms with Crippen LogP contribution in [0.3, 0.4) is 0 Å². The number of benzene rings is 1. The minimum Gasteiger partial charge on any atom is -0.459 e. The molecule has 0 fully saturated rings. The second kappa shape index (κ2) is 8.31. The Labute approximate surface area is 170 Å². The maximum atomic E-state index is 12.5. The highest BCUT2D eigenvalue weighted by atomic mass is 35.5. The number of rotatable bonds is 6. The Morgan fingerprint density at radius 1 is 1.21 bits per heavy atom. The Kier molecular flexibility index (Phi) is 6.04. The van der Waals surface area contributed by atoms with Crippen molar-refractivity contribution in [1.29, 1.82) is 0 Å². The number of nitrogens with zero attached hydrogens (tertiary/aromatic N) is 3. The maximum absolute atomic E-state index is 12.5. The van der Waals surface area contributed by atoms with E-state index in [2.05, 4.69) is 23.9 Å². The van der Waals surface area contributed by atoms with E-state index < -0.39 is 0 Å². The molecular weight excluding hydrogens is 374 g/mol. The van der Waals surface area contributed by atoms with E-state index in [4.69, 9.17) is 16.3 Å². The van der Waals surface area contributed by atoms with Crippen LogP contribution in [0.15, 0.2) is 24.3 Å². The van der Waals surface area contributed by atoms with Gasteiger partial charge in [0.2, 0.25) is 0 Å². The van der Waals surface area contributed by atoms with Crippen molar-refractivity contribution in [3.05, 3.63) is 57.5 Å². The van der Waals surface area contributed by atoms with Gasteiger partial charge in [0.15, 0.2) is 0 Å². The number of hydrogen-bond acceptors (Lipinski definition) is 4. The van der Waals surface area contributed by atoms with E-state index >= 15 is 0 Å². The van der Waals surface area contributed by atoms with Gasteiger partial charge in [0.05, 0.1) is 28.3 Å². The van der Waals surface area contributed by atoms with Gasteiger partial charge in [-0.3, -0.25) is 9.48 Å². The number of esters is 1. The first-order valence-corrected chi connectivity index (χ1v) is 9.88. The van der Waals surface area contributed by atoms with Crippen molar-refractivity contribution in [3.63, 3.8) is 0 Å². The summed E-state index contributed by atoms with van der Waals surface area (Å²) in [5.74, 6) is 0.182. The molecule has 0 saturated heterocycles. The van der Waals surface area contributed by atoms with Gasteiger partial charge in [0.25, 0.3) is 0 Å². The lowest BCUT2D eigenvalue weighted by Crippen LogP contribution is -2.11. The van der Waals surface area contributed by atoms with Gasteiger partial charge in [-0.25, -0.2) is 4.98 Å². The largest absolute Gasteiger partial charge is 0.459 e. The van der Waals surface area contributed by atoms with Gasteiger partial charge in [0.1, 0.15) is 6.61 Å². The second-order valence-corrected chi connectivity index (χ2v) is 7.96. The van der Waals surface area contributed by atoms with Crippen LogP contribution in [0.2, 0.25) is 5.02 Å². The molecule has 0 atom stereocenters. The van der Waals surface area contributed by atoms with Crippen LogP contribution in [-0.2, 0) is 29.1 Å². The van der Waals surface area contributed by atoms with Crippen LogP contribution in [0.4, 0.5) is 0 Å². The van der Waals surface area contributed by atoms with Crippen LogP contribution >= 0.6 is 11.6 Å². The Balaban J connectivity index is 1.73. The molecule has 148 valence electrons. The lowest BCUT2D eigenvalue weighted by molar-refractivity contribution is -0.144. The minimum absolute atomic E-state index is 0.0571. The van der Waals surface area contributed by atoms with E-state index in [0.29, 0.717) is 16.6 Å². The lowest BCUT2D eigenvalue weighted by atomic mass is 10.1. The number of para-hydroxylation sites is 1. The van der Waals surface area contributed by atoms with Gasteiger partial charge in [0, 0.05) is 23.2 Å². The summed E-state index contributed by atoms with van der Waals surface area (Å²) >= 11 is 6.45. The Morgan fingerprint density at radius 2 is 1.93 bits per heavy atom. The van der Waals surface area contributed by atoms with E-state index in [9.17, 15) is 4.79 Å². The quantitative estimate of drug-likeness (QED) is 0.550. The molecule has 0 unspecified atom stereocenters. The van der Waals surface area contributed by atoms with E-state index in [-0.39, 0.29) is 19.0 Å². The number of pyridine rings is 1. The number of halogens is 1. The fourth-order valence-electron chi connectivity index (χ4n) is 3.37. The Bertz CT molecular complexity index is 1020. The van der Waals surface area contributed by atoms with Crippen molar-refractivity contribution in [3.8, 4) is 0 Å².